The first-order chi connectivity index (χ1) is 8.91. The second-order valence-corrected chi connectivity index (χ2v) is 4.93. The number of aromatic nitrogens is 2. The molecule has 0 unspecified atom stereocenters. The fraction of sp³-hybridized carbons (Fsp3) is 0.636. The van der Waals surface area contributed by atoms with Crippen molar-refractivity contribution >= 4 is 0 Å². The van der Waals surface area contributed by atoms with E-state index in [1.54, 1.807) is 13.8 Å². The van der Waals surface area contributed by atoms with Gasteiger partial charge in [0.2, 0.25) is 0 Å². The lowest BCUT2D eigenvalue weighted by Gasteiger charge is -2.26. The van der Waals surface area contributed by atoms with E-state index in [4.69, 9.17) is 10.6 Å². The predicted molar refractivity (Wildman–Crippen MR) is 67.4 cm³/mol. The molecular formula is C11H18N4O4. The summed E-state index contributed by atoms with van der Waals surface area (Å²) in [6.07, 6.45) is 1.35. The number of aliphatic hydroxyl groups excluding tert-OH is 1. The van der Waals surface area contributed by atoms with Crippen LogP contribution in [0.3, 0.4) is 0 Å². The smallest absolute Gasteiger partial charge is 0.330 e. The Hall–Kier alpha value is -1.48. The molecule has 106 valence electrons. The van der Waals surface area contributed by atoms with E-state index < -0.39 is 23.1 Å². The zero-order chi connectivity index (χ0) is 14.2. The van der Waals surface area contributed by atoms with Crippen molar-refractivity contribution in [1.82, 2.24) is 15.0 Å². The molecular weight excluding hydrogens is 252 g/mol. The topological polar surface area (TPSA) is 122 Å². The number of nitrogens with one attached hydrogen (secondary N) is 2. The molecule has 1 aliphatic rings. The maximum Gasteiger partial charge on any atom is 0.330 e. The number of rotatable bonds is 3. The monoisotopic (exact) mass is 270 g/mol. The highest BCUT2D eigenvalue weighted by molar-refractivity contribution is 5.04. The lowest BCUT2D eigenvalue weighted by molar-refractivity contribution is -0.102. The van der Waals surface area contributed by atoms with Gasteiger partial charge < -0.3 is 9.84 Å². The number of ether oxygens (including phenoxy) is 1. The molecule has 8 heteroatoms. The summed E-state index contributed by atoms with van der Waals surface area (Å²) in [5, 5.41) is 9.25. The molecule has 0 saturated carbocycles. The van der Waals surface area contributed by atoms with Gasteiger partial charge in [-0.05, 0) is 13.8 Å². The van der Waals surface area contributed by atoms with Crippen LogP contribution in [0.25, 0.3) is 0 Å². The number of aryl methyl sites for hydroxylation is 1. The average molecular weight is 270 g/mol. The molecule has 0 spiro atoms. The van der Waals surface area contributed by atoms with Crippen LogP contribution in [0.15, 0.2) is 15.8 Å². The first kappa shape index (κ1) is 13.9. The summed E-state index contributed by atoms with van der Waals surface area (Å²) in [6.45, 7) is 3.11. The first-order valence-electron chi connectivity index (χ1n) is 5.99. The van der Waals surface area contributed by atoms with Crippen molar-refractivity contribution in [1.29, 1.82) is 0 Å². The fourth-order valence-corrected chi connectivity index (χ4v) is 2.40. The minimum atomic E-state index is -0.962. The Kier molecular flexibility index (Phi) is 3.59. The molecule has 1 aromatic heterocycles. The standard InChI is InChI=1S/C11H18N4O4/c1-6-4-15(10(18)13-9(6)17)11(2)3-7(14-12)8(5-16)19-11/h4,7-8,14,16H,3,5,12H2,1-2H3,(H,13,17,18)/t7-,8+,11+/m0/s1. The van der Waals surface area contributed by atoms with Gasteiger partial charge in [-0.2, -0.15) is 0 Å². The molecule has 2 heterocycles. The van der Waals surface area contributed by atoms with E-state index in [0.29, 0.717) is 12.0 Å². The largest absolute Gasteiger partial charge is 0.394 e. The van der Waals surface area contributed by atoms with Gasteiger partial charge in [0.15, 0.2) is 0 Å². The van der Waals surface area contributed by atoms with Crippen LogP contribution < -0.4 is 22.5 Å². The number of hydrogen-bond donors (Lipinski definition) is 4. The molecule has 0 aromatic carbocycles. The maximum absolute atomic E-state index is 11.9. The molecule has 1 aliphatic heterocycles. The van der Waals surface area contributed by atoms with Crippen molar-refractivity contribution in [3.8, 4) is 0 Å². The molecule has 0 radical (unpaired) electrons. The summed E-state index contributed by atoms with van der Waals surface area (Å²) >= 11 is 0. The third kappa shape index (κ3) is 2.35. The van der Waals surface area contributed by atoms with Gasteiger partial charge in [0.05, 0.1) is 12.6 Å². The molecule has 19 heavy (non-hydrogen) atoms. The van der Waals surface area contributed by atoms with Crippen LogP contribution in [0.4, 0.5) is 0 Å². The van der Waals surface area contributed by atoms with E-state index in [1.807, 2.05) is 0 Å². The van der Waals surface area contributed by atoms with Gasteiger partial charge in [-0.15, -0.1) is 0 Å². The molecule has 5 N–H and O–H groups in total. The maximum atomic E-state index is 11.9. The number of aromatic amines is 1. The average Bonchev–Trinajstić information content (AvgIpc) is 2.71. The fourth-order valence-electron chi connectivity index (χ4n) is 2.40. The summed E-state index contributed by atoms with van der Waals surface area (Å²) in [7, 11) is 0. The van der Waals surface area contributed by atoms with Gasteiger partial charge in [0.25, 0.3) is 5.56 Å². The number of nitrogens with two attached hydrogens (primary N) is 1. The Balaban J connectivity index is 2.44. The normalized spacial score (nSPS) is 30.7. The Morgan fingerprint density at radius 1 is 1.68 bits per heavy atom. The van der Waals surface area contributed by atoms with Crippen LogP contribution in [0.2, 0.25) is 0 Å². The van der Waals surface area contributed by atoms with Crippen LogP contribution in [-0.2, 0) is 10.5 Å². The second kappa shape index (κ2) is 4.89. The molecule has 3 atom stereocenters. The van der Waals surface area contributed by atoms with E-state index >= 15 is 0 Å². The van der Waals surface area contributed by atoms with Gasteiger partial charge in [-0.25, -0.2) is 4.79 Å². The first-order valence-corrected chi connectivity index (χ1v) is 5.99. The summed E-state index contributed by atoms with van der Waals surface area (Å²) in [4.78, 5) is 25.5. The molecule has 2 rings (SSSR count). The van der Waals surface area contributed by atoms with Gasteiger partial charge in [-0.3, -0.25) is 25.6 Å². The van der Waals surface area contributed by atoms with E-state index in [0.717, 1.165) is 0 Å². The van der Waals surface area contributed by atoms with E-state index in [2.05, 4.69) is 10.4 Å². The summed E-state index contributed by atoms with van der Waals surface area (Å²) in [6, 6.07) is -0.269. The lowest BCUT2D eigenvalue weighted by atomic mass is 10.1. The van der Waals surface area contributed by atoms with E-state index in [1.165, 1.54) is 10.8 Å². The van der Waals surface area contributed by atoms with Gasteiger partial charge in [0, 0.05) is 18.2 Å². The van der Waals surface area contributed by atoms with Crippen LogP contribution in [-0.4, -0.2) is 33.4 Å². The molecule has 1 fully saturated rings. The highest BCUT2D eigenvalue weighted by atomic mass is 16.5. The molecule has 0 amide bonds. The van der Waals surface area contributed by atoms with Crippen LogP contribution in [0.1, 0.15) is 18.9 Å². The van der Waals surface area contributed by atoms with Gasteiger partial charge in [0.1, 0.15) is 11.8 Å². The SMILES string of the molecule is Cc1cn([C@@]2(C)C[C@H](NN)[C@@H](CO)O2)c(=O)[nH]c1=O. The minimum Gasteiger partial charge on any atom is -0.394 e. The number of hydrazine groups is 1. The second-order valence-electron chi connectivity index (χ2n) is 4.93. The molecule has 1 saturated heterocycles. The third-order valence-corrected chi connectivity index (χ3v) is 3.48. The predicted octanol–water partition coefficient (Wildman–Crippen LogP) is -1.87. The van der Waals surface area contributed by atoms with Crippen LogP contribution in [0.5, 0.6) is 0 Å². The minimum absolute atomic E-state index is 0.207. The van der Waals surface area contributed by atoms with Crippen molar-refractivity contribution in [2.45, 2.75) is 38.1 Å². The Morgan fingerprint density at radius 2 is 2.37 bits per heavy atom. The van der Waals surface area contributed by atoms with E-state index in [9.17, 15) is 14.7 Å². The number of H-pyrrole nitrogens is 1. The molecule has 8 nitrogen and oxygen atoms in total. The third-order valence-electron chi connectivity index (χ3n) is 3.48. The Labute approximate surface area is 109 Å². The van der Waals surface area contributed by atoms with Crippen molar-refractivity contribution in [3.05, 3.63) is 32.6 Å². The van der Waals surface area contributed by atoms with Gasteiger partial charge in [-0.1, -0.05) is 0 Å². The Bertz CT molecular complexity index is 567. The van der Waals surface area contributed by atoms with Crippen molar-refractivity contribution < 1.29 is 9.84 Å². The van der Waals surface area contributed by atoms with Crippen LogP contribution in [0, 0.1) is 6.92 Å². The summed E-state index contributed by atoms with van der Waals surface area (Å²) in [5.41, 5.74) is 1.04. The van der Waals surface area contributed by atoms with Gasteiger partial charge >= 0.3 is 5.69 Å². The highest BCUT2D eigenvalue weighted by Gasteiger charge is 2.44. The molecule has 1 aromatic rings. The quantitative estimate of drug-likeness (QED) is 0.377. The van der Waals surface area contributed by atoms with Crippen molar-refractivity contribution in [2.75, 3.05) is 6.61 Å². The molecule has 0 aliphatic carbocycles. The number of hydrogen-bond acceptors (Lipinski definition) is 6. The number of nitrogens with zero attached hydrogens (tertiary/aromatic N) is 1. The van der Waals surface area contributed by atoms with Crippen molar-refractivity contribution in [2.24, 2.45) is 5.84 Å². The van der Waals surface area contributed by atoms with E-state index in [-0.39, 0.29) is 12.6 Å². The summed E-state index contributed by atoms with van der Waals surface area (Å²) in [5.74, 6) is 5.40. The highest BCUT2D eigenvalue weighted by Crippen LogP contribution is 2.33. The zero-order valence-corrected chi connectivity index (χ0v) is 10.8. The zero-order valence-electron chi connectivity index (χ0n) is 10.8. The number of aliphatic hydroxyl groups is 1. The van der Waals surface area contributed by atoms with Crippen LogP contribution >= 0.6 is 0 Å². The lowest BCUT2D eigenvalue weighted by Crippen LogP contribution is -2.43. The van der Waals surface area contributed by atoms with Crippen molar-refractivity contribution in [3.63, 3.8) is 0 Å². The summed E-state index contributed by atoms with van der Waals surface area (Å²) < 4.78 is 7.03. The Morgan fingerprint density at radius 3 is 2.89 bits per heavy atom. The molecule has 0 bridgehead atoms.